The Balaban J connectivity index is 1.37. The molecule has 3 aromatic rings. The summed E-state index contributed by atoms with van der Waals surface area (Å²) in [7, 11) is 0. The largest absolute Gasteiger partial charge is 0.204 e. The highest BCUT2D eigenvalue weighted by molar-refractivity contribution is 5.71. The van der Waals surface area contributed by atoms with Crippen molar-refractivity contribution in [2.75, 3.05) is 0 Å². The predicted octanol–water partition coefficient (Wildman–Crippen LogP) is 9.72. The summed E-state index contributed by atoms with van der Waals surface area (Å²) < 4.78 is 27.1. The molecule has 0 atom stereocenters. The number of aryl methyl sites for hydroxylation is 5. The van der Waals surface area contributed by atoms with Crippen LogP contribution in [-0.4, -0.2) is 0 Å². The van der Waals surface area contributed by atoms with Gasteiger partial charge in [0.2, 0.25) is 0 Å². The smallest absolute Gasteiger partial charge is 0.159 e. The van der Waals surface area contributed by atoms with E-state index in [4.69, 9.17) is 0 Å². The summed E-state index contributed by atoms with van der Waals surface area (Å²) in [5, 5.41) is 0. The zero-order chi connectivity index (χ0) is 25.1. The summed E-state index contributed by atoms with van der Waals surface area (Å²) in [5.41, 5.74) is 11.3. The SMILES string of the molecule is Cc1cc(C2CCC(C)CC2)cc(C)c1CCCCc1cc(C)c(-c2ccc(F)c(F)c2)c(C)c1. The molecule has 1 fully saturated rings. The van der Waals surface area contributed by atoms with Gasteiger partial charge in [0.1, 0.15) is 0 Å². The van der Waals surface area contributed by atoms with Crippen LogP contribution in [0.1, 0.15) is 90.3 Å². The van der Waals surface area contributed by atoms with Crippen molar-refractivity contribution in [3.63, 3.8) is 0 Å². The first kappa shape index (κ1) is 25.6. The average Bonchev–Trinajstić information content (AvgIpc) is 2.80. The Morgan fingerprint density at radius 2 is 1.29 bits per heavy atom. The third kappa shape index (κ3) is 6.02. The van der Waals surface area contributed by atoms with Crippen LogP contribution in [0.5, 0.6) is 0 Å². The molecule has 0 saturated heterocycles. The van der Waals surface area contributed by atoms with Crippen LogP contribution < -0.4 is 0 Å². The fourth-order valence-corrected chi connectivity index (χ4v) is 6.19. The van der Waals surface area contributed by atoms with E-state index in [1.54, 1.807) is 11.6 Å². The van der Waals surface area contributed by atoms with E-state index in [1.807, 2.05) is 0 Å². The lowest BCUT2D eigenvalue weighted by atomic mass is 9.78. The molecule has 0 unspecified atom stereocenters. The van der Waals surface area contributed by atoms with Gasteiger partial charge in [0.05, 0.1) is 0 Å². The minimum atomic E-state index is -0.801. The summed E-state index contributed by atoms with van der Waals surface area (Å²) in [6.07, 6.45) is 9.90. The van der Waals surface area contributed by atoms with Crippen LogP contribution in [0.4, 0.5) is 8.78 Å². The monoisotopic (exact) mass is 474 g/mol. The van der Waals surface area contributed by atoms with Gasteiger partial charge in [-0.05, 0) is 140 Å². The molecule has 1 saturated carbocycles. The van der Waals surface area contributed by atoms with E-state index >= 15 is 0 Å². The topological polar surface area (TPSA) is 0 Å². The zero-order valence-corrected chi connectivity index (χ0v) is 22.1. The molecule has 0 nitrogen and oxygen atoms in total. The molecule has 0 bridgehead atoms. The fraction of sp³-hybridized carbons (Fsp3) is 0.455. The summed E-state index contributed by atoms with van der Waals surface area (Å²) in [6, 6.07) is 13.5. The van der Waals surface area contributed by atoms with Gasteiger partial charge in [-0.2, -0.15) is 0 Å². The Morgan fingerprint density at radius 1 is 0.686 bits per heavy atom. The number of rotatable bonds is 7. The van der Waals surface area contributed by atoms with Gasteiger partial charge in [-0.25, -0.2) is 8.78 Å². The lowest BCUT2D eigenvalue weighted by molar-refractivity contribution is 0.348. The third-order valence-electron chi connectivity index (χ3n) is 8.15. The molecule has 0 amide bonds. The van der Waals surface area contributed by atoms with Crippen LogP contribution >= 0.6 is 0 Å². The van der Waals surface area contributed by atoms with Crippen LogP contribution in [0.2, 0.25) is 0 Å². The second-order valence-corrected chi connectivity index (χ2v) is 11.0. The van der Waals surface area contributed by atoms with Crippen LogP contribution in [0.3, 0.4) is 0 Å². The van der Waals surface area contributed by atoms with E-state index < -0.39 is 11.6 Å². The van der Waals surface area contributed by atoms with Crippen LogP contribution in [0, 0.1) is 45.2 Å². The molecule has 4 rings (SSSR count). The van der Waals surface area contributed by atoms with Crippen LogP contribution in [-0.2, 0) is 12.8 Å². The van der Waals surface area contributed by atoms with E-state index in [1.165, 1.54) is 66.5 Å². The molecule has 0 aromatic heterocycles. The van der Waals surface area contributed by atoms with Crippen molar-refractivity contribution in [2.24, 2.45) is 5.92 Å². The normalized spacial score (nSPS) is 18.1. The maximum atomic E-state index is 13.8. The van der Waals surface area contributed by atoms with E-state index in [9.17, 15) is 8.78 Å². The first-order chi connectivity index (χ1) is 16.7. The van der Waals surface area contributed by atoms with Crippen molar-refractivity contribution in [3.8, 4) is 11.1 Å². The number of unbranched alkanes of at least 4 members (excludes halogenated alkanes) is 1. The minimum Gasteiger partial charge on any atom is -0.204 e. The molecule has 3 aromatic carbocycles. The van der Waals surface area contributed by atoms with E-state index in [0.717, 1.165) is 53.4 Å². The van der Waals surface area contributed by atoms with Gasteiger partial charge >= 0.3 is 0 Å². The third-order valence-corrected chi connectivity index (χ3v) is 8.15. The summed E-state index contributed by atoms with van der Waals surface area (Å²) in [6.45, 7) is 11.1. The molecule has 35 heavy (non-hydrogen) atoms. The molecule has 1 aliphatic carbocycles. The Kier molecular flexibility index (Phi) is 8.09. The molecule has 1 aliphatic rings. The Hall–Kier alpha value is -2.48. The van der Waals surface area contributed by atoms with Crippen molar-refractivity contribution < 1.29 is 8.78 Å². The van der Waals surface area contributed by atoms with E-state index in [0.29, 0.717) is 0 Å². The standard InChI is InChI=1S/C33H40F2/c1-21-10-12-27(13-11-21)29-18-22(2)30(23(3)19-29)9-7-6-8-26-16-24(4)33(25(5)17-26)28-14-15-31(34)32(35)20-28/h14-21,27H,6-13H2,1-5H3. The summed E-state index contributed by atoms with van der Waals surface area (Å²) in [4.78, 5) is 0. The quantitative estimate of drug-likeness (QED) is 0.299. The highest BCUT2D eigenvalue weighted by atomic mass is 19.2. The molecule has 0 spiro atoms. The molecule has 186 valence electrons. The first-order valence-corrected chi connectivity index (χ1v) is 13.4. The van der Waals surface area contributed by atoms with Gasteiger partial charge in [0, 0.05) is 0 Å². The molecule has 0 aliphatic heterocycles. The first-order valence-electron chi connectivity index (χ1n) is 13.4. The Morgan fingerprint density at radius 3 is 1.89 bits per heavy atom. The van der Waals surface area contributed by atoms with E-state index in [-0.39, 0.29) is 0 Å². The number of halogens is 2. The van der Waals surface area contributed by atoms with Crippen molar-refractivity contribution >= 4 is 0 Å². The van der Waals surface area contributed by atoms with E-state index in [2.05, 4.69) is 58.9 Å². The lowest BCUT2D eigenvalue weighted by Gasteiger charge is -2.27. The molecule has 0 radical (unpaired) electrons. The van der Waals surface area contributed by atoms with Gasteiger partial charge in [-0.1, -0.05) is 50.1 Å². The van der Waals surface area contributed by atoms with Crippen LogP contribution in [0.25, 0.3) is 11.1 Å². The van der Waals surface area contributed by atoms with Gasteiger partial charge in [-0.3, -0.25) is 0 Å². The predicted molar refractivity (Wildman–Crippen MR) is 144 cm³/mol. The number of hydrogen-bond donors (Lipinski definition) is 0. The minimum absolute atomic E-state index is 0.739. The maximum Gasteiger partial charge on any atom is 0.159 e. The Bertz CT molecular complexity index is 1140. The maximum absolute atomic E-state index is 13.8. The molecular weight excluding hydrogens is 434 g/mol. The second kappa shape index (κ2) is 11.1. The molecular formula is C33H40F2. The number of benzene rings is 3. The van der Waals surface area contributed by atoms with Crippen molar-refractivity contribution in [3.05, 3.63) is 93.0 Å². The molecule has 2 heteroatoms. The lowest BCUT2D eigenvalue weighted by Crippen LogP contribution is -2.11. The summed E-state index contributed by atoms with van der Waals surface area (Å²) in [5.74, 6) is 0.0441. The average molecular weight is 475 g/mol. The molecule has 0 N–H and O–H groups in total. The highest BCUT2D eigenvalue weighted by Gasteiger charge is 2.20. The zero-order valence-electron chi connectivity index (χ0n) is 22.1. The fourth-order valence-electron chi connectivity index (χ4n) is 6.19. The van der Waals surface area contributed by atoms with Crippen LogP contribution in [0.15, 0.2) is 42.5 Å². The highest BCUT2D eigenvalue weighted by Crippen LogP contribution is 2.37. The van der Waals surface area contributed by atoms with Gasteiger partial charge in [0.25, 0.3) is 0 Å². The Labute approximate surface area is 210 Å². The molecule has 0 heterocycles. The summed E-state index contributed by atoms with van der Waals surface area (Å²) >= 11 is 0. The van der Waals surface area contributed by atoms with Gasteiger partial charge in [-0.15, -0.1) is 0 Å². The second-order valence-electron chi connectivity index (χ2n) is 11.0. The van der Waals surface area contributed by atoms with Crippen molar-refractivity contribution in [2.45, 2.75) is 91.9 Å². The van der Waals surface area contributed by atoms with Gasteiger partial charge in [0.15, 0.2) is 11.6 Å². The van der Waals surface area contributed by atoms with Gasteiger partial charge < -0.3 is 0 Å². The van der Waals surface area contributed by atoms with Crippen molar-refractivity contribution in [1.29, 1.82) is 0 Å². The van der Waals surface area contributed by atoms with Crippen molar-refractivity contribution in [1.82, 2.24) is 0 Å². The number of hydrogen-bond acceptors (Lipinski definition) is 0.